The Bertz CT molecular complexity index is 447. The number of aliphatic hydroxyl groups is 1. The Morgan fingerprint density at radius 1 is 1.47 bits per heavy atom. The molecule has 1 heterocycles. The Morgan fingerprint density at radius 2 is 2.21 bits per heavy atom. The van der Waals surface area contributed by atoms with E-state index in [0.717, 1.165) is 29.0 Å². The second kappa shape index (κ2) is 5.80. The molecule has 0 bridgehead atoms. The largest absolute Gasteiger partial charge is 0.493 e. The van der Waals surface area contributed by atoms with Gasteiger partial charge < -0.3 is 20.3 Å². The Labute approximate surface area is 114 Å². The molecule has 1 aliphatic heterocycles. The average Bonchev–Trinajstić information content (AvgIpc) is 2.75. The number of hydrogen-bond acceptors (Lipinski definition) is 4. The second-order valence-electron chi connectivity index (χ2n) is 5.08. The molecule has 0 radical (unpaired) electrons. The topological polar surface area (TPSA) is 64.7 Å². The molecule has 3 N–H and O–H groups in total. The highest BCUT2D eigenvalue weighted by atomic mass is 16.5. The lowest BCUT2D eigenvalue weighted by Crippen LogP contribution is -2.27. The van der Waals surface area contributed by atoms with E-state index in [-0.39, 0.29) is 12.1 Å². The normalized spacial score (nSPS) is 20.6. The maximum absolute atomic E-state index is 10.3. The third kappa shape index (κ3) is 2.85. The smallest absolute Gasteiger partial charge is 0.125 e. The summed E-state index contributed by atoms with van der Waals surface area (Å²) in [5.41, 5.74) is 7.80. The first kappa shape index (κ1) is 14.2. The first-order valence-corrected chi connectivity index (χ1v) is 6.96. The number of fused-ring (bicyclic) bond motifs is 1. The van der Waals surface area contributed by atoms with Crippen molar-refractivity contribution >= 4 is 0 Å². The predicted octanol–water partition coefficient (Wildman–Crippen LogP) is 2.18. The molecule has 0 amide bonds. The van der Waals surface area contributed by atoms with E-state index in [1.807, 2.05) is 32.9 Å². The highest BCUT2D eigenvalue weighted by Gasteiger charge is 2.26. The van der Waals surface area contributed by atoms with Crippen molar-refractivity contribution in [1.82, 2.24) is 0 Å². The fourth-order valence-electron chi connectivity index (χ4n) is 2.42. The Kier molecular flexibility index (Phi) is 4.32. The third-order valence-corrected chi connectivity index (χ3v) is 3.52. The van der Waals surface area contributed by atoms with Crippen molar-refractivity contribution in [2.24, 2.45) is 5.73 Å². The molecule has 1 aromatic rings. The van der Waals surface area contributed by atoms with Gasteiger partial charge in [-0.05, 0) is 32.4 Å². The lowest BCUT2D eigenvalue weighted by molar-refractivity contribution is 0.139. The van der Waals surface area contributed by atoms with E-state index in [4.69, 9.17) is 15.2 Å². The number of aliphatic hydroxyl groups excluding tert-OH is 1. The molecule has 19 heavy (non-hydrogen) atoms. The summed E-state index contributed by atoms with van der Waals surface area (Å²) < 4.78 is 11.4. The summed E-state index contributed by atoms with van der Waals surface area (Å²) in [6.07, 6.45) is 1.04. The average molecular weight is 265 g/mol. The van der Waals surface area contributed by atoms with Gasteiger partial charge in [-0.25, -0.2) is 0 Å². The van der Waals surface area contributed by atoms with Crippen molar-refractivity contribution < 1.29 is 14.6 Å². The lowest BCUT2D eigenvalue weighted by atomic mass is 9.97. The van der Waals surface area contributed by atoms with Gasteiger partial charge in [-0.15, -0.1) is 0 Å². The van der Waals surface area contributed by atoms with Gasteiger partial charge in [0.1, 0.15) is 17.6 Å². The van der Waals surface area contributed by atoms with Gasteiger partial charge in [0.05, 0.1) is 12.7 Å². The van der Waals surface area contributed by atoms with Gasteiger partial charge in [0.15, 0.2) is 0 Å². The monoisotopic (exact) mass is 265 g/mol. The molecule has 1 aliphatic rings. The van der Waals surface area contributed by atoms with E-state index >= 15 is 0 Å². The van der Waals surface area contributed by atoms with Crippen LogP contribution in [0.5, 0.6) is 11.5 Å². The van der Waals surface area contributed by atoms with Gasteiger partial charge in [0, 0.05) is 23.6 Å². The van der Waals surface area contributed by atoms with E-state index in [1.165, 1.54) is 0 Å². The van der Waals surface area contributed by atoms with Crippen LogP contribution in [0.25, 0.3) is 0 Å². The van der Waals surface area contributed by atoms with Crippen LogP contribution in [0, 0.1) is 0 Å². The van der Waals surface area contributed by atoms with Crippen LogP contribution in [0.4, 0.5) is 0 Å². The lowest BCUT2D eigenvalue weighted by Gasteiger charge is -2.21. The fourth-order valence-corrected chi connectivity index (χ4v) is 2.42. The van der Waals surface area contributed by atoms with Crippen LogP contribution >= 0.6 is 0 Å². The summed E-state index contributed by atoms with van der Waals surface area (Å²) in [7, 11) is 0. The van der Waals surface area contributed by atoms with Gasteiger partial charge in [-0.1, -0.05) is 6.92 Å². The molecule has 0 saturated carbocycles. The SMILES string of the molecule is CCOc1cc2c(cc1C(O)C(N)CC)OC(C)C2. The van der Waals surface area contributed by atoms with Crippen molar-refractivity contribution in [2.45, 2.75) is 51.9 Å². The minimum absolute atomic E-state index is 0.178. The van der Waals surface area contributed by atoms with Crippen LogP contribution in [0.15, 0.2) is 12.1 Å². The molecule has 106 valence electrons. The summed E-state index contributed by atoms with van der Waals surface area (Å²) in [6, 6.07) is 3.56. The molecule has 3 atom stereocenters. The molecule has 0 aromatic heterocycles. The van der Waals surface area contributed by atoms with Crippen LogP contribution in [0.1, 0.15) is 44.4 Å². The number of hydrogen-bond donors (Lipinski definition) is 2. The molecular weight excluding hydrogens is 242 g/mol. The van der Waals surface area contributed by atoms with Crippen molar-refractivity contribution in [1.29, 1.82) is 0 Å². The summed E-state index contributed by atoms with van der Waals surface area (Å²) in [5, 5.41) is 10.3. The van der Waals surface area contributed by atoms with Crippen LogP contribution in [0.2, 0.25) is 0 Å². The highest BCUT2D eigenvalue weighted by Crippen LogP contribution is 2.38. The molecule has 1 aromatic carbocycles. The van der Waals surface area contributed by atoms with Crippen LogP contribution < -0.4 is 15.2 Å². The van der Waals surface area contributed by atoms with E-state index in [0.29, 0.717) is 13.0 Å². The Balaban J connectivity index is 2.38. The molecule has 4 nitrogen and oxygen atoms in total. The number of ether oxygens (including phenoxy) is 2. The van der Waals surface area contributed by atoms with Crippen molar-refractivity contribution in [3.63, 3.8) is 0 Å². The van der Waals surface area contributed by atoms with Crippen LogP contribution in [-0.2, 0) is 6.42 Å². The fraction of sp³-hybridized carbons (Fsp3) is 0.600. The molecule has 0 fully saturated rings. The van der Waals surface area contributed by atoms with Crippen molar-refractivity contribution in [3.8, 4) is 11.5 Å². The predicted molar refractivity (Wildman–Crippen MR) is 74.6 cm³/mol. The van der Waals surface area contributed by atoms with E-state index in [2.05, 4.69) is 0 Å². The van der Waals surface area contributed by atoms with Gasteiger partial charge in [-0.3, -0.25) is 0 Å². The summed E-state index contributed by atoms with van der Waals surface area (Å²) in [5.74, 6) is 1.56. The standard InChI is InChI=1S/C15H23NO3/c1-4-12(16)15(17)11-8-13-10(6-9(3)19-13)7-14(11)18-5-2/h7-9,12,15,17H,4-6,16H2,1-3H3. The minimum atomic E-state index is -0.726. The first-order valence-electron chi connectivity index (χ1n) is 6.96. The highest BCUT2D eigenvalue weighted by molar-refractivity contribution is 5.49. The molecular formula is C15H23NO3. The molecule has 0 aliphatic carbocycles. The summed E-state index contributed by atoms with van der Waals surface area (Å²) in [4.78, 5) is 0. The Hall–Kier alpha value is -1.26. The maximum atomic E-state index is 10.3. The summed E-state index contributed by atoms with van der Waals surface area (Å²) >= 11 is 0. The van der Waals surface area contributed by atoms with Gasteiger partial charge in [-0.2, -0.15) is 0 Å². The Morgan fingerprint density at radius 3 is 2.84 bits per heavy atom. The van der Waals surface area contributed by atoms with Crippen LogP contribution in [-0.4, -0.2) is 23.9 Å². The minimum Gasteiger partial charge on any atom is -0.493 e. The van der Waals surface area contributed by atoms with Crippen molar-refractivity contribution in [2.75, 3.05) is 6.61 Å². The molecule has 0 spiro atoms. The first-order chi connectivity index (χ1) is 9.06. The maximum Gasteiger partial charge on any atom is 0.125 e. The molecule has 0 saturated heterocycles. The zero-order valence-electron chi connectivity index (χ0n) is 11.8. The molecule has 4 heteroatoms. The zero-order valence-corrected chi connectivity index (χ0v) is 11.8. The number of benzene rings is 1. The van der Waals surface area contributed by atoms with Crippen molar-refractivity contribution in [3.05, 3.63) is 23.3 Å². The number of rotatable bonds is 5. The van der Waals surface area contributed by atoms with E-state index in [9.17, 15) is 5.11 Å². The van der Waals surface area contributed by atoms with Gasteiger partial charge in [0.2, 0.25) is 0 Å². The summed E-state index contributed by atoms with van der Waals surface area (Å²) in [6.45, 7) is 6.49. The van der Waals surface area contributed by atoms with Crippen LogP contribution in [0.3, 0.4) is 0 Å². The molecule has 2 rings (SSSR count). The van der Waals surface area contributed by atoms with E-state index < -0.39 is 6.10 Å². The van der Waals surface area contributed by atoms with E-state index in [1.54, 1.807) is 0 Å². The third-order valence-electron chi connectivity index (χ3n) is 3.52. The van der Waals surface area contributed by atoms with Gasteiger partial charge in [0.25, 0.3) is 0 Å². The zero-order chi connectivity index (χ0) is 14.0. The van der Waals surface area contributed by atoms with Gasteiger partial charge >= 0.3 is 0 Å². The second-order valence-corrected chi connectivity index (χ2v) is 5.08. The molecule has 3 unspecified atom stereocenters. The quantitative estimate of drug-likeness (QED) is 0.856. The number of nitrogens with two attached hydrogens (primary N) is 1.